The van der Waals surface area contributed by atoms with Crippen LogP contribution in [0.3, 0.4) is 0 Å². The molecule has 0 spiro atoms. The van der Waals surface area contributed by atoms with Crippen LogP contribution >= 0.6 is 11.3 Å². The highest BCUT2D eigenvalue weighted by atomic mass is 32.1. The van der Waals surface area contributed by atoms with E-state index in [-0.39, 0.29) is 30.7 Å². The molecule has 212 valence electrons. The van der Waals surface area contributed by atoms with Gasteiger partial charge in [-0.05, 0) is 54.5 Å². The Morgan fingerprint density at radius 1 is 1.05 bits per heavy atom. The van der Waals surface area contributed by atoms with E-state index in [1.807, 2.05) is 4.90 Å². The van der Waals surface area contributed by atoms with Crippen molar-refractivity contribution in [2.24, 2.45) is 0 Å². The maximum atomic E-state index is 13.2. The summed E-state index contributed by atoms with van der Waals surface area (Å²) in [5.41, 5.74) is 7.35. The summed E-state index contributed by atoms with van der Waals surface area (Å²) in [5, 5.41) is 5.92. The number of hydrogen-bond donors (Lipinski definition) is 1. The molecule has 3 aromatic rings. The van der Waals surface area contributed by atoms with Crippen LogP contribution in [0.4, 0.5) is 0 Å². The Labute approximate surface area is 241 Å². The summed E-state index contributed by atoms with van der Waals surface area (Å²) < 4.78 is 5.47. The Balaban J connectivity index is 1.09. The van der Waals surface area contributed by atoms with Gasteiger partial charge in [0.15, 0.2) is 0 Å². The van der Waals surface area contributed by atoms with E-state index in [2.05, 4.69) is 71.9 Å². The molecule has 1 aromatic heterocycles. The number of ether oxygens (including phenoxy) is 1. The molecule has 8 heteroatoms. The number of amides is 2. The summed E-state index contributed by atoms with van der Waals surface area (Å²) >= 11 is 1.57. The number of carbonyl (C=O) groups excluding carboxylic acids is 2. The van der Waals surface area contributed by atoms with Gasteiger partial charge in [0.2, 0.25) is 11.8 Å². The van der Waals surface area contributed by atoms with Crippen LogP contribution in [-0.4, -0.2) is 59.4 Å². The van der Waals surface area contributed by atoms with Gasteiger partial charge < -0.3 is 15.0 Å². The fourth-order valence-corrected chi connectivity index (χ4v) is 6.51. The monoisotopic (exact) mass is 560 g/mol. The predicted molar refractivity (Wildman–Crippen MR) is 158 cm³/mol. The number of nitrogens with zero attached hydrogens (tertiary/aromatic N) is 3. The zero-order valence-electron chi connectivity index (χ0n) is 23.7. The Morgan fingerprint density at radius 3 is 2.62 bits per heavy atom. The number of rotatable bonds is 10. The van der Waals surface area contributed by atoms with Crippen molar-refractivity contribution in [2.45, 2.75) is 65.1 Å². The van der Waals surface area contributed by atoms with E-state index in [0.717, 1.165) is 69.4 Å². The second-order valence-electron chi connectivity index (χ2n) is 10.9. The minimum absolute atomic E-state index is 0.0568. The smallest absolute Gasteiger partial charge is 0.223 e. The number of aryl methyl sites for hydroxylation is 2. The average molecular weight is 561 g/mol. The van der Waals surface area contributed by atoms with E-state index >= 15 is 0 Å². The van der Waals surface area contributed by atoms with Crippen LogP contribution in [0.25, 0.3) is 0 Å². The zero-order chi connectivity index (χ0) is 27.9. The van der Waals surface area contributed by atoms with Crippen LogP contribution in [0.2, 0.25) is 0 Å². The van der Waals surface area contributed by atoms with E-state index in [9.17, 15) is 9.59 Å². The minimum atomic E-state index is -0.108. The summed E-state index contributed by atoms with van der Waals surface area (Å²) in [5.74, 6) is -0.0514. The van der Waals surface area contributed by atoms with Gasteiger partial charge in [-0.2, -0.15) is 0 Å². The highest BCUT2D eigenvalue weighted by Crippen LogP contribution is 2.33. The molecule has 2 aliphatic rings. The number of benzene rings is 2. The Bertz CT molecular complexity index is 1300. The highest BCUT2D eigenvalue weighted by Gasteiger charge is 2.30. The summed E-state index contributed by atoms with van der Waals surface area (Å²) in [6.45, 7) is 9.80. The average Bonchev–Trinajstić information content (AvgIpc) is 3.63. The van der Waals surface area contributed by atoms with Crippen LogP contribution in [0.1, 0.15) is 70.2 Å². The largest absolute Gasteiger partial charge is 0.379 e. The van der Waals surface area contributed by atoms with Gasteiger partial charge in [0.05, 0.1) is 31.5 Å². The van der Waals surface area contributed by atoms with E-state index in [1.54, 1.807) is 11.3 Å². The van der Waals surface area contributed by atoms with Crippen LogP contribution in [0.15, 0.2) is 47.8 Å². The minimum Gasteiger partial charge on any atom is -0.379 e. The summed E-state index contributed by atoms with van der Waals surface area (Å²) in [7, 11) is 0. The van der Waals surface area contributed by atoms with Crippen molar-refractivity contribution >= 4 is 23.2 Å². The number of morpholine rings is 1. The van der Waals surface area contributed by atoms with E-state index in [1.165, 1.54) is 27.8 Å². The van der Waals surface area contributed by atoms with Gasteiger partial charge in [0, 0.05) is 50.8 Å². The quantitative estimate of drug-likeness (QED) is 0.380. The third-order valence-corrected chi connectivity index (χ3v) is 8.92. The molecule has 0 bridgehead atoms. The molecule has 2 amide bonds. The molecule has 2 aliphatic heterocycles. The molecule has 0 radical (unpaired) electrons. The van der Waals surface area contributed by atoms with Crippen molar-refractivity contribution in [2.75, 3.05) is 32.8 Å². The number of nitrogens with one attached hydrogen (secondary N) is 1. The maximum absolute atomic E-state index is 13.2. The maximum Gasteiger partial charge on any atom is 0.223 e. The van der Waals surface area contributed by atoms with Crippen LogP contribution in [0, 0.1) is 13.8 Å². The van der Waals surface area contributed by atoms with Gasteiger partial charge in [-0.3, -0.25) is 14.5 Å². The lowest BCUT2D eigenvalue weighted by Crippen LogP contribution is -2.35. The van der Waals surface area contributed by atoms with Crippen molar-refractivity contribution < 1.29 is 14.3 Å². The Kier molecular flexibility index (Phi) is 9.62. The van der Waals surface area contributed by atoms with Gasteiger partial charge in [-0.25, -0.2) is 4.98 Å². The summed E-state index contributed by atoms with van der Waals surface area (Å²) in [6, 6.07) is 15.1. The van der Waals surface area contributed by atoms with E-state index < -0.39 is 0 Å². The molecule has 2 saturated heterocycles. The molecule has 2 fully saturated rings. The highest BCUT2D eigenvalue weighted by molar-refractivity contribution is 7.09. The topological polar surface area (TPSA) is 74.8 Å². The Hall–Kier alpha value is -3.07. The molecular formula is C32H40N4O3S. The number of likely N-dealkylation sites (tertiary alicyclic amines) is 1. The first-order chi connectivity index (χ1) is 19.5. The zero-order valence-corrected chi connectivity index (χ0v) is 24.5. The second kappa shape index (κ2) is 13.5. The molecule has 3 heterocycles. The molecule has 2 aromatic carbocycles. The third kappa shape index (κ3) is 7.36. The van der Waals surface area contributed by atoms with Crippen LogP contribution in [0.5, 0.6) is 0 Å². The third-order valence-electron chi connectivity index (χ3n) is 8.02. The van der Waals surface area contributed by atoms with E-state index in [0.29, 0.717) is 6.54 Å². The lowest BCUT2D eigenvalue weighted by atomic mass is 9.99. The van der Waals surface area contributed by atoms with Crippen LogP contribution in [-0.2, 0) is 33.8 Å². The van der Waals surface area contributed by atoms with Crippen molar-refractivity contribution in [3.05, 3.63) is 86.4 Å². The van der Waals surface area contributed by atoms with Gasteiger partial charge in [0.1, 0.15) is 5.01 Å². The van der Waals surface area contributed by atoms with Crippen molar-refractivity contribution in [1.82, 2.24) is 20.1 Å². The second-order valence-corrected chi connectivity index (χ2v) is 11.9. The lowest BCUT2D eigenvalue weighted by Gasteiger charge is -2.28. The van der Waals surface area contributed by atoms with Crippen molar-refractivity contribution in [3.63, 3.8) is 0 Å². The van der Waals surface area contributed by atoms with Gasteiger partial charge in [-0.1, -0.05) is 42.5 Å². The molecule has 1 N–H and O–H groups in total. The van der Waals surface area contributed by atoms with Gasteiger partial charge in [-0.15, -0.1) is 11.3 Å². The standard InChI is InChI=1S/C32H40N4O3S/c1-23-6-3-7-24(2)28(23)19-27-22-40-31(34-27)20-33-30(37)11-12-32(38)36-13-5-10-29(36)26-9-4-8-25(18-26)21-35-14-16-39-17-15-35/h3-4,6-9,18,22,29H,5,10-17,19-21H2,1-2H3,(H,33,37). The summed E-state index contributed by atoms with van der Waals surface area (Å²) in [6.07, 6.45) is 3.17. The van der Waals surface area contributed by atoms with Gasteiger partial charge in [0.25, 0.3) is 0 Å². The molecule has 5 rings (SSSR count). The predicted octanol–water partition coefficient (Wildman–Crippen LogP) is 4.94. The molecule has 1 atom stereocenters. The number of aromatic nitrogens is 1. The first-order valence-corrected chi connectivity index (χ1v) is 15.3. The SMILES string of the molecule is Cc1cccc(C)c1Cc1csc(CNC(=O)CCC(=O)N2CCCC2c2cccc(CN3CCOCC3)c2)n1. The Morgan fingerprint density at radius 2 is 1.82 bits per heavy atom. The number of thiazole rings is 1. The van der Waals surface area contributed by atoms with E-state index in [4.69, 9.17) is 9.72 Å². The number of carbonyl (C=O) groups is 2. The molecule has 40 heavy (non-hydrogen) atoms. The fourth-order valence-electron chi connectivity index (χ4n) is 5.77. The van der Waals surface area contributed by atoms with Crippen LogP contribution < -0.4 is 5.32 Å². The normalized spacial score (nSPS) is 17.8. The van der Waals surface area contributed by atoms with Gasteiger partial charge >= 0.3 is 0 Å². The fraction of sp³-hybridized carbons (Fsp3) is 0.469. The van der Waals surface area contributed by atoms with Crippen molar-refractivity contribution in [3.8, 4) is 0 Å². The lowest BCUT2D eigenvalue weighted by molar-refractivity contribution is -0.134. The molecule has 7 nitrogen and oxygen atoms in total. The first-order valence-electron chi connectivity index (χ1n) is 14.4. The first kappa shape index (κ1) is 28.5. The number of hydrogen-bond acceptors (Lipinski definition) is 6. The molecule has 0 saturated carbocycles. The van der Waals surface area contributed by atoms with Crippen molar-refractivity contribution in [1.29, 1.82) is 0 Å². The molecule has 0 aliphatic carbocycles. The molecular weight excluding hydrogens is 520 g/mol. The summed E-state index contributed by atoms with van der Waals surface area (Å²) in [4.78, 5) is 34.9. The molecule has 1 unspecified atom stereocenters.